The molecule has 0 fully saturated rings. The summed E-state index contributed by atoms with van der Waals surface area (Å²) in [5, 5.41) is 3.06. The van der Waals surface area contributed by atoms with E-state index in [0.29, 0.717) is 17.1 Å². The monoisotopic (exact) mass is 329 g/mol. The molecule has 0 aromatic heterocycles. The van der Waals surface area contributed by atoms with Gasteiger partial charge in [0.05, 0.1) is 14.2 Å². The van der Waals surface area contributed by atoms with Crippen LogP contribution in [0.3, 0.4) is 0 Å². The molecule has 22 heavy (non-hydrogen) atoms. The highest BCUT2D eigenvalue weighted by Gasteiger charge is 2.15. The molecule has 0 aromatic rings. The Bertz CT molecular complexity index is 403. The third-order valence-electron chi connectivity index (χ3n) is 2.38. The number of ether oxygens (including phenoxy) is 2. The Balaban J connectivity index is 0. The lowest BCUT2D eigenvalue weighted by molar-refractivity contribution is -0.135. The van der Waals surface area contributed by atoms with Crippen LogP contribution in [-0.2, 0) is 19.1 Å². The fourth-order valence-electron chi connectivity index (χ4n) is 1.34. The Kier molecular flexibility index (Phi) is 16.4. The van der Waals surface area contributed by atoms with Crippen LogP contribution >= 0.6 is 11.8 Å². The minimum Gasteiger partial charge on any atom is -0.496 e. The first kappa shape index (κ1) is 22.7. The minimum atomic E-state index is -0.399. The first-order valence-corrected chi connectivity index (χ1v) is 8.36. The maximum Gasteiger partial charge on any atom is 0.341 e. The Morgan fingerprint density at radius 3 is 2.27 bits per heavy atom. The van der Waals surface area contributed by atoms with Crippen LogP contribution in [0.2, 0.25) is 0 Å². The second-order valence-corrected chi connectivity index (χ2v) is 4.54. The summed E-state index contributed by atoms with van der Waals surface area (Å²) < 4.78 is 9.78. The summed E-state index contributed by atoms with van der Waals surface area (Å²) in [6.45, 7) is 4.00. The van der Waals surface area contributed by atoms with Crippen molar-refractivity contribution in [1.82, 2.24) is 5.32 Å². The van der Waals surface area contributed by atoms with Gasteiger partial charge >= 0.3 is 5.97 Å². The number of hydrogen-bond donors (Lipinski definition) is 1. The third kappa shape index (κ3) is 9.41. The van der Waals surface area contributed by atoms with E-state index in [9.17, 15) is 9.59 Å². The third-order valence-corrected chi connectivity index (χ3v) is 2.85. The summed E-state index contributed by atoms with van der Waals surface area (Å²) in [5.41, 5.74) is 0.425. The number of allylic oxidation sites excluding steroid dienone is 1. The fourth-order valence-corrected chi connectivity index (χ4v) is 1.48. The van der Waals surface area contributed by atoms with Crippen molar-refractivity contribution in [2.45, 2.75) is 19.9 Å². The second-order valence-electron chi connectivity index (χ2n) is 3.63. The molecule has 0 saturated heterocycles. The van der Waals surface area contributed by atoms with Crippen LogP contribution in [0.25, 0.3) is 0 Å². The van der Waals surface area contributed by atoms with E-state index in [1.54, 1.807) is 12.2 Å². The Hall–Kier alpha value is -1.53. The molecule has 1 rings (SSSR count). The van der Waals surface area contributed by atoms with E-state index in [1.165, 1.54) is 26.0 Å². The molecule has 1 aliphatic carbocycles. The molecule has 0 heterocycles. The first-order valence-electron chi connectivity index (χ1n) is 6.97. The van der Waals surface area contributed by atoms with Crippen LogP contribution in [-0.4, -0.2) is 51.6 Å². The van der Waals surface area contributed by atoms with Gasteiger partial charge < -0.3 is 19.6 Å². The molecular formula is C16H27NO4S. The standard InChI is InChI=1S/C11H15NO3.C3H6OS.C2H6/c1-12-8-4-6-9(11(13)15-3)10(14-2)7-5-8;1-5-3-2-4;1-2/h4-8,12H,1-3H3;2H,3H2,1H3;1-2H3. The summed E-state index contributed by atoms with van der Waals surface area (Å²) in [7, 11) is 4.71. The lowest BCUT2D eigenvalue weighted by Gasteiger charge is -2.04. The predicted octanol–water partition coefficient (Wildman–Crippen LogP) is 2.35. The molecule has 0 aromatic carbocycles. The number of carbonyl (C=O) groups is 2. The molecule has 5 nitrogen and oxygen atoms in total. The fraction of sp³-hybridized carbons (Fsp3) is 0.500. The van der Waals surface area contributed by atoms with E-state index >= 15 is 0 Å². The molecule has 0 radical (unpaired) electrons. The van der Waals surface area contributed by atoms with Crippen LogP contribution in [0, 0.1) is 0 Å². The summed E-state index contributed by atoms with van der Waals surface area (Å²) in [5.74, 6) is 0.736. The van der Waals surface area contributed by atoms with Crippen molar-refractivity contribution in [3.63, 3.8) is 0 Å². The van der Waals surface area contributed by atoms with Crippen molar-refractivity contribution in [1.29, 1.82) is 0 Å². The van der Waals surface area contributed by atoms with Crippen LogP contribution in [0.15, 0.2) is 35.6 Å². The molecule has 1 N–H and O–H groups in total. The van der Waals surface area contributed by atoms with Crippen LogP contribution in [0.5, 0.6) is 0 Å². The number of likely N-dealkylation sites (N-methyl/N-ethyl adjacent to an activating group) is 1. The lowest BCUT2D eigenvalue weighted by Crippen LogP contribution is -2.19. The van der Waals surface area contributed by atoms with Crippen molar-refractivity contribution in [2.24, 2.45) is 0 Å². The quantitative estimate of drug-likeness (QED) is 0.617. The van der Waals surface area contributed by atoms with Gasteiger partial charge in [-0.2, -0.15) is 11.8 Å². The summed E-state index contributed by atoms with van der Waals surface area (Å²) in [6, 6.07) is 0.0947. The van der Waals surface area contributed by atoms with Gasteiger partial charge in [0.2, 0.25) is 0 Å². The maximum absolute atomic E-state index is 11.4. The van der Waals surface area contributed by atoms with Gasteiger partial charge in [-0.05, 0) is 25.5 Å². The summed E-state index contributed by atoms with van der Waals surface area (Å²) >= 11 is 1.53. The Labute approximate surface area is 137 Å². The van der Waals surface area contributed by atoms with Gasteiger partial charge in [-0.3, -0.25) is 0 Å². The second kappa shape index (κ2) is 15.9. The van der Waals surface area contributed by atoms with E-state index in [0.717, 1.165) is 6.29 Å². The molecule has 0 bridgehead atoms. The summed E-state index contributed by atoms with van der Waals surface area (Å²) in [6.07, 6.45) is 10.0. The van der Waals surface area contributed by atoms with Gasteiger partial charge in [0.15, 0.2) is 0 Å². The van der Waals surface area contributed by atoms with Crippen molar-refractivity contribution in [3.05, 3.63) is 35.6 Å². The number of nitrogens with one attached hydrogen (secondary N) is 1. The van der Waals surface area contributed by atoms with Crippen molar-refractivity contribution in [2.75, 3.05) is 33.3 Å². The number of thioether (sulfide) groups is 1. The molecule has 1 aliphatic rings. The van der Waals surface area contributed by atoms with Crippen molar-refractivity contribution >= 4 is 24.0 Å². The molecular weight excluding hydrogens is 302 g/mol. The average molecular weight is 329 g/mol. The van der Waals surface area contributed by atoms with Gasteiger partial charge in [-0.15, -0.1) is 0 Å². The van der Waals surface area contributed by atoms with Crippen molar-refractivity contribution in [3.8, 4) is 0 Å². The van der Waals surface area contributed by atoms with Gasteiger partial charge in [0, 0.05) is 11.8 Å². The molecule has 0 amide bonds. The number of carbonyl (C=O) groups excluding carboxylic acids is 2. The van der Waals surface area contributed by atoms with Gasteiger partial charge in [-0.1, -0.05) is 26.0 Å². The molecule has 0 saturated carbocycles. The molecule has 0 aliphatic heterocycles. The zero-order chi connectivity index (χ0) is 17.4. The highest BCUT2D eigenvalue weighted by molar-refractivity contribution is 7.99. The van der Waals surface area contributed by atoms with Gasteiger partial charge in [-0.25, -0.2) is 4.79 Å². The Morgan fingerprint density at radius 1 is 1.32 bits per heavy atom. The first-order chi connectivity index (χ1) is 10.6. The zero-order valence-electron chi connectivity index (χ0n) is 14.2. The Morgan fingerprint density at radius 2 is 1.91 bits per heavy atom. The number of methoxy groups -OCH3 is 2. The number of aldehydes is 1. The number of esters is 1. The van der Waals surface area contributed by atoms with E-state index in [1.807, 2.05) is 39.3 Å². The maximum atomic E-state index is 11.4. The summed E-state index contributed by atoms with van der Waals surface area (Å²) in [4.78, 5) is 20.8. The molecule has 6 heteroatoms. The topological polar surface area (TPSA) is 64.6 Å². The van der Waals surface area contributed by atoms with Gasteiger partial charge in [0.25, 0.3) is 0 Å². The number of rotatable bonds is 5. The highest BCUT2D eigenvalue weighted by Crippen LogP contribution is 2.15. The molecule has 126 valence electrons. The van der Waals surface area contributed by atoms with Crippen LogP contribution in [0.1, 0.15) is 13.8 Å². The normalized spacial score (nSPS) is 15.6. The largest absolute Gasteiger partial charge is 0.496 e. The zero-order valence-corrected chi connectivity index (χ0v) is 15.0. The smallest absolute Gasteiger partial charge is 0.341 e. The van der Waals surface area contributed by atoms with E-state index in [-0.39, 0.29) is 6.04 Å². The average Bonchev–Trinajstić information content (AvgIpc) is 2.79. The number of hydrogen-bond acceptors (Lipinski definition) is 6. The van der Waals surface area contributed by atoms with Crippen molar-refractivity contribution < 1.29 is 19.1 Å². The predicted molar refractivity (Wildman–Crippen MR) is 93.0 cm³/mol. The highest BCUT2D eigenvalue weighted by atomic mass is 32.2. The lowest BCUT2D eigenvalue weighted by atomic mass is 10.2. The van der Waals surface area contributed by atoms with E-state index in [2.05, 4.69) is 10.1 Å². The SMILES string of the molecule is CC.CNC1C=CC(OC)=C(C(=O)OC)C=C1.CSCC=O. The van der Waals surface area contributed by atoms with Crippen LogP contribution in [0.4, 0.5) is 0 Å². The van der Waals surface area contributed by atoms with Crippen LogP contribution < -0.4 is 5.32 Å². The molecule has 1 atom stereocenters. The van der Waals surface area contributed by atoms with E-state index < -0.39 is 5.97 Å². The van der Waals surface area contributed by atoms with E-state index in [4.69, 9.17) is 4.74 Å². The van der Waals surface area contributed by atoms with Gasteiger partial charge in [0.1, 0.15) is 17.6 Å². The molecule has 0 spiro atoms. The molecule has 1 unspecified atom stereocenters. The minimum absolute atomic E-state index is 0.0947.